The lowest BCUT2D eigenvalue weighted by molar-refractivity contribution is 0.0957. The van der Waals surface area contributed by atoms with Gasteiger partial charge in [-0.25, -0.2) is 0 Å². The number of nitrogens with zero attached hydrogens (tertiary/aromatic N) is 2. The molecule has 0 aliphatic heterocycles. The van der Waals surface area contributed by atoms with Crippen LogP contribution in [0.15, 0.2) is 66.7 Å². The molecular formula is C20H14N2O. The summed E-state index contributed by atoms with van der Waals surface area (Å²) in [4.78, 5) is 12.6. The lowest BCUT2D eigenvalue weighted by Gasteiger charge is -1.98. The third-order valence-corrected chi connectivity index (χ3v) is 4.27. The van der Waals surface area contributed by atoms with Crippen molar-refractivity contribution in [3.63, 3.8) is 0 Å². The van der Waals surface area contributed by atoms with Crippen LogP contribution in [0.5, 0.6) is 0 Å². The van der Waals surface area contributed by atoms with Crippen LogP contribution in [0.2, 0.25) is 0 Å². The molecule has 0 aromatic heterocycles. The van der Waals surface area contributed by atoms with Gasteiger partial charge in [-0.1, -0.05) is 72.8 Å². The number of carbonyl (C=O) groups is 1. The molecule has 2 atom stereocenters. The monoisotopic (exact) mass is 298 g/mol. The minimum atomic E-state index is -1.25. The largest absolute Gasteiger partial charge is 0.294 e. The molecule has 3 heteroatoms. The molecule has 1 fully saturated rings. The van der Waals surface area contributed by atoms with Crippen LogP contribution in [0.1, 0.15) is 15.9 Å². The molecule has 110 valence electrons. The van der Waals surface area contributed by atoms with E-state index < -0.39 is 11.3 Å². The van der Waals surface area contributed by atoms with Crippen molar-refractivity contribution in [1.82, 2.24) is 0 Å². The first kappa shape index (κ1) is 14.8. The van der Waals surface area contributed by atoms with Gasteiger partial charge in [-0.05, 0) is 5.56 Å². The summed E-state index contributed by atoms with van der Waals surface area (Å²) >= 11 is 0. The van der Waals surface area contributed by atoms with E-state index in [1.54, 1.807) is 24.3 Å². The average Bonchev–Trinajstić information content (AvgIpc) is 3.28. The molecule has 0 amide bonds. The van der Waals surface area contributed by atoms with Crippen molar-refractivity contribution in [2.75, 3.05) is 0 Å². The number of ketones is 1. The van der Waals surface area contributed by atoms with Gasteiger partial charge in [-0.2, -0.15) is 10.5 Å². The Balaban J connectivity index is 1.88. The zero-order valence-electron chi connectivity index (χ0n) is 12.4. The maximum atomic E-state index is 12.6. The van der Waals surface area contributed by atoms with E-state index in [1.807, 2.05) is 48.6 Å². The molecular weight excluding hydrogens is 284 g/mol. The first-order valence-corrected chi connectivity index (χ1v) is 7.38. The van der Waals surface area contributed by atoms with Gasteiger partial charge >= 0.3 is 0 Å². The second-order valence-corrected chi connectivity index (χ2v) is 5.60. The Morgan fingerprint density at radius 1 is 0.957 bits per heavy atom. The first-order valence-electron chi connectivity index (χ1n) is 7.38. The Morgan fingerprint density at radius 2 is 1.52 bits per heavy atom. The van der Waals surface area contributed by atoms with E-state index in [1.165, 1.54) is 0 Å². The van der Waals surface area contributed by atoms with Gasteiger partial charge in [0.05, 0.1) is 18.1 Å². The zero-order chi connectivity index (χ0) is 16.3. The molecule has 1 aliphatic rings. The lowest BCUT2D eigenvalue weighted by atomic mass is 10.0. The fourth-order valence-corrected chi connectivity index (χ4v) is 2.92. The van der Waals surface area contributed by atoms with Crippen LogP contribution >= 0.6 is 0 Å². The van der Waals surface area contributed by atoms with Crippen molar-refractivity contribution in [1.29, 1.82) is 10.5 Å². The quantitative estimate of drug-likeness (QED) is 0.805. The first-order chi connectivity index (χ1) is 11.2. The van der Waals surface area contributed by atoms with Crippen molar-refractivity contribution < 1.29 is 4.79 Å². The van der Waals surface area contributed by atoms with Gasteiger partial charge in [0, 0.05) is 11.5 Å². The molecule has 2 aromatic carbocycles. The van der Waals surface area contributed by atoms with Crippen LogP contribution in [0.3, 0.4) is 0 Å². The number of benzene rings is 2. The topological polar surface area (TPSA) is 64.7 Å². The predicted octanol–water partition coefficient (Wildman–Crippen LogP) is 3.86. The van der Waals surface area contributed by atoms with E-state index in [2.05, 4.69) is 12.1 Å². The van der Waals surface area contributed by atoms with Crippen LogP contribution in [-0.2, 0) is 0 Å². The fraction of sp³-hybridized carbons (Fsp3) is 0.150. The number of hydrogen-bond donors (Lipinski definition) is 0. The third kappa shape index (κ3) is 2.54. The Hall–Kier alpha value is -3.17. The molecule has 23 heavy (non-hydrogen) atoms. The summed E-state index contributed by atoms with van der Waals surface area (Å²) in [6, 6.07) is 22.6. The standard InChI is InChI=1S/C20H14N2O/c21-13-20(14-22)17(12-11-15-7-3-1-4-8-15)18(20)19(23)16-9-5-2-6-10-16/h1-12,17-18H/b12-11+/t17-,18+/m0/s1. The Kier molecular flexibility index (Phi) is 3.79. The van der Waals surface area contributed by atoms with Gasteiger partial charge in [0.1, 0.15) is 0 Å². The number of rotatable bonds is 4. The molecule has 1 saturated carbocycles. The zero-order valence-corrected chi connectivity index (χ0v) is 12.4. The van der Waals surface area contributed by atoms with E-state index >= 15 is 0 Å². The minimum Gasteiger partial charge on any atom is -0.294 e. The summed E-state index contributed by atoms with van der Waals surface area (Å²) in [5.74, 6) is -1.11. The highest BCUT2D eigenvalue weighted by atomic mass is 16.1. The Morgan fingerprint density at radius 3 is 2.09 bits per heavy atom. The second-order valence-electron chi connectivity index (χ2n) is 5.60. The van der Waals surface area contributed by atoms with E-state index in [4.69, 9.17) is 0 Å². The maximum absolute atomic E-state index is 12.6. The van der Waals surface area contributed by atoms with E-state index in [-0.39, 0.29) is 11.7 Å². The fourth-order valence-electron chi connectivity index (χ4n) is 2.92. The number of carbonyl (C=O) groups excluding carboxylic acids is 1. The number of Topliss-reactive ketones (excluding diaryl/α,β-unsaturated/α-hetero) is 1. The number of hydrogen-bond acceptors (Lipinski definition) is 3. The van der Waals surface area contributed by atoms with Gasteiger partial charge in [-0.15, -0.1) is 0 Å². The van der Waals surface area contributed by atoms with Crippen molar-refractivity contribution in [3.05, 3.63) is 77.9 Å². The van der Waals surface area contributed by atoms with Gasteiger partial charge in [0.15, 0.2) is 11.2 Å². The third-order valence-electron chi connectivity index (χ3n) is 4.27. The minimum absolute atomic E-state index is 0.142. The molecule has 0 N–H and O–H groups in total. The molecule has 0 heterocycles. The van der Waals surface area contributed by atoms with Crippen LogP contribution in [0.4, 0.5) is 0 Å². The highest BCUT2D eigenvalue weighted by molar-refractivity contribution is 6.02. The number of nitriles is 2. The highest BCUT2D eigenvalue weighted by Crippen LogP contribution is 2.60. The number of allylic oxidation sites excluding steroid dienone is 1. The van der Waals surface area contributed by atoms with Gasteiger partial charge in [0.2, 0.25) is 0 Å². The summed E-state index contributed by atoms with van der Waals surface area (Å²) in [5.41, 5.74) is 0.274. The van der Waals surface area contributed by atoms with Gasteiger partial charge in [-0.3, -0.25) is 4.79 Å². The maximum Gasteiger partial charge on any atom is 0.169 e. The lowest BCUT2D eigenvalue weighted by Crippen LogP contribution is -2.08. The van der Waals surface area contributed by atoms with Crippen LogP contribution < -0.4 is 0 Å². The van der Waals surface area contributed by atoms with E-state index in [0.717, 1.165) is 5.56 Å². The highest BCUT2D eigenvalue weighted by Gasteiger charge is 2.68. The van der Waals surface area contributed by atoms with Crippen molar-refractivity contribution in [2.45, 2.75) is 0 Å². The Bertz CT molecular complexity index is 811. The Labute approximate surface area is 135 Å². The summed E-state index contributed by atoms with van der Waals surface area (Å²) < 4.78 is 0. The van der Waals surface area contributed by atoms with Gasteiger partial charge in [0.25, 0.3) is 0 Å². The molecule has 0 bridgehead atoms. The van der Waals surface area contributed by atoms with E-state index in [0.29, 0.717) is 5.56 Å². The van der Waals surface area contributed by atoms with Crippen LogP contribution in [0, 0.1) is 39.9 Å². The molecule has 3 nitrogen and oxygen atoms in total. The molecule has 0 saturated heterocycles. The molecule has 0 radical (unpaired) electrons. The summed E-state index contributed by atoms with van der Waals surface area (Å²) in [6.45, 7) is 0. The molecule has 1 aliphatic carbocycles. The van der Waals surface area contributed by atoms with Crippen molar-refractivity contribution in [2.24, 2.45) is 17.3 Å². The van der Waals surface area contributed by atoms with E-state index in [9.17, 15) is 15.3 Å². The summed E-state index contributed by atoms with van der Waals surface area (Å²) in [7, 11) is 0. The van der Waals surface area contributed by atoms with Crippen molar-refractivity contribution in [3.8, 4) is 12.1 Å². The average molecular weight is 298 g/mol. The smallest absolute Gasteiger partial charge is 0.169 e. The summed E-state index contributed by atoms with van der Waals surface area (Å²) in [6.07, 6.45) is 3.68. The molecule has 3 rings (SSSR count). The molecule has 0 unspecified atom stereocenters. The SMILES string of the molecule is N#CC1(C#N)[C@@H](/C=C/c2ccccc2)[C@@H]1C(=O)c1ccccc1. The molecule has 2 aromatic rings. The predicted molar refractivity (Wildman–Crippen MR) is 86.9 cm³/mol. The van der Waals surface area contributed by atoms with Crippen LogP contribution in [0.25, 0.3) is 6.08 Å². The van der Waals surface area contributed by atoms with Crippen molar-refractivity contribution >= 4 is 11.9 Å². The second kappa shape index (κ2) is 5.91. The summed E-state index contributed by atoms with van der Waals surface area (Å²) in [5, 5.41) is 18.9. The molecule has 0 spiro atoms. The normalized spacial score (nSPS) is 21.3. The van der Waals surface area contributed by atoms with Gasteiger partial charge < -0.3 is 0 Å². The van der Waals surface area contributed by atoms with Crippen LogP contribution in [-0.4, -0.2) is 5.78 Å².